The van der Waals surface area contributed by atoms with E-state index in [0.717, 1.165) is 6.04 Å². The van der Waals surface area contributed by atoms with Gasteiger partial charge in [0.15, 0.2) is 6.79 Å². The molecule has 2 N–H and O–H groups in total. The molecule has 0 amide bonds. The Kier molecular flexibility index (Phi) is 7.02. The molecule has 0 atom stereocenters. The fourth-order valence-electron chi connectivity index (χ4n) is 2.02. The zero-order chi connectivity index (χ0) is 19.2. The van der Waals surface area contributed by atoms with E-state index in [0.29, 0.717) is 24.0 Å². The lowest BCUT2D eigenvalue weighted by Crippen LogP contribution is -2.22. The van der Waals surface area contributed by atoms with E-state index in [4.69, 9.17) is 26.2 Å². The molecule has 0 saturated heterocycles. The van der Waals surface area contributed by atoms with E-state index in [1.807, 2.05) is 0 Å². The summed E-state index contributed by atoms with van der Waals surface area (Å²) in [5.74, 6) is -0.127. The number of carboxylic acids is 1. The van der Waals surface area contributed by atoms with E-state index >= 15 is 0 Å². The zero-order valence-corrected chi connectivity index (χ0v) is 16.8. The third kappa shape index (κ3) is 6.66. The second-order valence-electron chi connectivity index (χ2n) is 6.97. The molecule has 1 aromatic carbocycles. The highest BCUT2D eigenvalue weighted by Gasteiger charge is 2.12. The van der Waals surface area contributed by atoms with Gasteiger partial charge in [-0.1, -0.05) is 37.3 Å². The molecule has 0 bridgehead atoms. The van der Waals surface area contributed by atoms with Gasteiger partial charge < -0.3 is 19.9 Å². The van der Waals surface area contributed by atoms with Gasteiger partial charge in [-0.25, -0.2) is 4.79 Å². The fraction of sp³-hybridized carbons (Fsp3) is 0.333. The predicted octanol–water partition coefficient (Wildman–Crippen LogP) is 4.87. The van der Waals surface area contributed by atoms with E-state index in [-0.39, 0.29) is 17.4 Å². The summed E-state index contributed by atoms with van der Waals surface area (Å²) in [7, 11) is -1.11. The second kappa shape index (κ2) is 9.02. The molecule has 0 aliphatic heterocycles. The van der Waals surface area contributed by atoms with Gasteiger partial charge in [-0.2, -0.15) is 4.98 Å². The van der Waals surface area contributed by atoms with Gasteiger partial charge in [0.25, 0.3) is 0 Å². The molecule has 2 rings (SSSR count). The summed E-state index contributed by atoms with van der Waals surface area (Å²) in [4.78, 5) is 15.5. The smallest absolute Gasteiger partial charge is 0.337 e. The average molecular weight is 395 g/mol. The van der Waals surface area contributed by atoms with Crippen LogP contribution in [0.3, 0.4) is 0 Å². The van der Waals surface area contributed by atoms with Crippen LogP contribution in [0.2, 0.25) is 30.7 Å². The summed E-state index contributed by atoms with van der Waals surface area (Å²) in [6.07, 6.45) is 0. The first-order valence-electron chi connectivity index (χ1n) is 8.22. The molecule has 8 heteroatoms. The van der Waals surface area contributed by atoms with Crippen molar-refractivity contribution in [3.05, 3.63) is 47.0 Å². The Morgan fingerprint density at radius 2 is 2.04 bits per heavy atom. The number of aromatic carboxylic acids is 1. The van der Waals surface area contributed by atoms with Crippen LogP contribution in [-0.2, 0) is 4.74 Å². The Morgan fingerprint density at radius 1 is 1.27 bits per heavy atom. The fourth-order valence-corrected chi connectivity index (χ4v) is 2.97. The van der Waals surface area contributed by atoms with Crippen molar-refractivity contribution < 1.29 is 19.4 Å². The number of nitrogens with zero attached hydrogens (tertiary/aromatic N) is 1. The normalized spacial score (nSPS) is 11.2. The van der Waals surface area contributed by atoms with E-state index in [1.165, 1.54) is 12.1 Å². The summed E-state index contributed by atoms with van der Waals surface area (Å²) in [6.45, 7) is 7.70. The zero-order valence-electron chi connectivity index (χ0n) is 15.1. The first-order valence-corrected chi connectivity index (χ1v) is 12.3. The first-order chi connectivity index (χ1) is 12.2. The van der Waals surface area contributed by atoms with Crippen LogP contribution >= 0.6 is 11.6 Å². The topological polar surface area (TPSA) is 80.7 Å². The Balaban J connectivity index is 1.93. The quantitative estimate of drug-likeness (QED) is 0.359. The lowest BCUT2D eigenvalue weighted by molar-refractivity contribution is 0.0194. The number of nitrogens with one attached hydrogen (secondary N) is 1. The number of rotatable bonds is 9. The van der Waals surface area contributed by atoms with Gasteiger partial charge in [-0.05, 0) is 30.3 Å². The van der Waals surface area contributed by atoms with Crippen molar-refractivity contribution in [2.45, 2.75) is 25.7 Å². The molecule has 0 unspecified atom stereocenters. The number of benzene rings is 1. The SMILES string of the molecule is C[Si](C)(C)CCOCOc1cccc(Nc2ccc(Cl)c(C(=O)O)c2)n1. The second-order valence-corrected chi connectivity index (χ2v) is 13.0. The van der Waals surface area contributed by atoms with Gasteiger partial charge in [0.2, 0.25) is 5.88 Å². The highest BCUT2D eigenvalue weighted by molar-refractivity contribution is 6.76. The van der Waals surface area contributed by atoms with Crippen LogP contribution in [0.1, 0.15) is 10.4 Å². The molecule has 0 fully saturated rings. The Labute approximate surface area is 159 Å². The lowest BCUT2D eigenvalue weighted by atomic mass is 10.2. The maximum absolute atomic E-state index is 11.2. The highest BCUT2D eigenvalue weighted by Crippen LogP contribution is 2.23. The molecule has 26 heavy (non-hydrogen) atoms. The molecule has 0 spiro atoms. The summed E-state index contributed by atoms with van der Waals surface area (Å²) < 4.78 is 11.0. The molecule has 0 aliphatic rings. The standard InChI is InChI=1S/C18H23ClN2O4Si/c1-26(2,3)10-9-24-12-25-17-6-4-5-16(21-17)20-13-7-8-15(19)14(11-13)18(22)23/h4-8,11H,9-10,12H2,1-3H3,(H,20,21)(H,22,23). The van der Waals surface area contributed by atoms with Crippen LogP contribution in [0, 0.1) is 0 Å². The number of pyridine rings is 1. The largest absolute Gasteiger partial charge is 0.478 e. The number of carbonyl (C=O) groups is 1. The number of hydrogen-bond acceptors (Lipinski definition) is 5. The minimum absolute atomic E-state index is 0.0277. The van der Waals surface area contributed by atoms with Crippen molar-refractivity contribution in [1.29, 1.82) is 0 Å². The van der Waals surface area contributed by atoms with Crippen molar-refractivity contribution in [3.8, 4) is 5.88 Å². The Hall–Kier alpha value is -2.09. The molecule has 0 aliphatic carbocycles. The summed E-state index contributed by atoms with van der Waals surface area (Å²) in [5.41, 5.74) is 0.600. The third-order valence-electron chi connectivity index (χ3n) is 3.48. The third-order valence-corrected chi connectivity index (χ3v) is 5.51. The lowest BCUT2D eigenvalue weighted by Gasteiger charge is -2.15. The number of ether oxygens (including phenoxy) is 2. The van der Waals surface area contributed by atoms with Crippen molar-refractivity contribution in [1.82, 2.24) is 4.98 Å². The summed E-state index contributed by atoms with van der Waals surface area (Å²) in [5, 5.41) is 12.4. The van der Waals surface area contributed by atoms with Gasteiger partial charge in [-0.15, -0.1) is 0 Å². The van der Waals surface area contributed by atoms with Crippen LogP contribution in [-0.4, -0.2) is 37.5 Å². The van der Waals surface area contributed by atoms with E-state index in [9.17, 15) is 4.79 Å². The number of carboxylic acid groups (broad SMARTS) is 1. The van der Waals surface area contributed by atoms with Crippen molar-refractivity contribution >= 4 is 37.1 Å². The molecular formula is C18H23ClN2O4Si. The number of halogens is 1. The van der Waals surface area contributed by atoms with Gasteiger partial charge in [0.1, 0.15) is 5.82 Å². The van der Waals surface area contributed by atoms with E-state index in [2.05, 4.69) is 29.9 Å². The van der Waals surface area contributed by atoms with Crippen LogP contribution in [0.5, 0.6) is 5.88 Å². The minimum Gasteiger partial charge on any atom is -0.478 e. The summed E-state index contributed by atoms with van der Waals surface area (Å²) >= 11 is 5.87. The number of hydrogen-bond donors (Lipinski definition) is 2. The molecule has 0 radical (unpaired) electrons. The molecule has 1 aromatic heterocycles. The van der Waals surface area contributed by atoms with Crippen LogP contribution in [0.4, 0.5) is 11.5 Å². The molecule has 6 nitrogen and oxygen atoms in total. The molecule has 140 valence electrons. The Bertz CT molecular complexity index is 765. The van der Waals surface area contributed by atoms with Crippen LogP contribution in [0.15, 0.2) is 36.4 Å². The van der Waals surface area contributed by atoms with Gasteiger partial charge in [0.05, 0.1) is 10.6 Å². The maximum Gasteiger partial charge on any atom is 0.337 e. The monoisotopic (exact) mass is 394 g/mol. The summed E-state index contributed by atoms with van der Waals surface area (Å²) in [6, 6.07) is 11.0. The highest BCUT2D eigenvalue weighted by atomic mass is 35.5. The molecule has 0 saturated carbocycles. The molecule has 2 aromatic rings. The van der Waals surface area contributed by atoms with E-state index in [1.54, 1.807) is 24.3 Å². The van der Waals surface area contributed by atoms with Crippen molar-refractivity contribution in [2.75, 3.05) is 18.7 Å². The van der Waals surface area contributed by atoms with Gasteiger partial charge >= 0.3 is 5.97 Å². The molecule has 1 heterocycles. The van der Waals surface area contributed by atoms with Crippen molar-refractivity contribution in [2.24, 2.45) is 0 Å². The van der Waals surface area contributed by atoms with Gasteiger partial charge in [0, 0.05) is 26.4 Å². The van der Waals surface area contributed by atoms with E-state index < -0.39 is 14.0 Å². The predicted molar refractivity (Wildman–Crippen MR) is 106 cm³/mol. The van der Waals surface area contributed by atoms with Gasteiger partial charge in [-0.3, -0.25) is 0 Å². The Morgan fingerprint density at radius 3 is 2.73 bits per heavy atom. The minimum atomic E-state index is -1.11. The average Bonchev–Trinajstić information content (AvgIpc) is 2.55. The van der Waals surface area contributed by atoms with Crippen LogP contribution < -0.4 is 10.1 Å². The molecular weight excluding hydrogens is 372 g/mol. The number of aromatic nitrogens is 1. The maximum atomic E-state index is 11.2. The first kappa shape index (κ1) is 20.2. The van der Waals surface area contributed by atoms with Crippen molar-refractivity contribution in [3.63, 3.8) is 0 Å². The number of anilines is 2. The van der Waals surface area contributed by atoms with Crippen LogP contribution in [0.25, 0.3) is 0 Å².